The van der Waals surface area contributed by atoms with Crippen molar-refractivity contribution >= 4 is 17.3 Å². The second-order valence-electron chi connectivity index (χ2n) is 11.3. The van der Waals surface area contributed by atoms with Gasteiger partial charge in [0.1, 0.15) is 54.5 Å². The Labute approximate surface area is 284 Å². The van der Waals surface area contributed by atoms with E-state index >= 15 is 0 Å². The van der Waals surface area contributed by atoms with Crippen molar-refractivity contribution in [2.24, 2.45) is 0 Å². The van der Waals surface area contributed by atoms with E-state index in [1.807, 2.05) is 16.8 Å². The van der Waals surface area contributed by atoms with Crippen molar-refractivity contribution in [3.05, 3.63) is 23.0 Å². The average molecular weight is 668 g/mol. The maximum atomic E-state index is 12.0. The summed E-state index contributed by atoms with van der Waals surface area (Å²) in [6, 6.07) is 1.83. The Bertz CT molecular complexity index is 1210. The van der Waals surface area contributed by atoms with Crippen molar-refractivity contribution in [1.29, 1.82) is 0 Å². The molecule has 13 atom stereocenters. The Balaban J connectivity index is 0.00000461. The zero-order valence-corrected chi connectivity index (χ0v) is 27.7. The molecule has 2 saturated heterocycles. The molecule has 3 aliphatic rings. The van der Waals surface area contributed by atoms with Crippen LogP contribution in [0.4, 0.5) is 0 Å². The number of nitrogens with zero attached hydrogens (tertiary/aromatic N) is 3. The van der Waals surface area contributed by atoms with E-state index in [4.69, 9.17) is 23.7 Å². The standard InChI is InChI=1S/C27H39N3O13S.Na/c1-12-19(32)21(34)22(35)26(39-12)41-15-4-2-3-5-16(15)42-27-23(36)24(20(33)18(10-31)43-27)40-17(25(37)38)9-30-8-14(28-29-30)13-6-7-44-11-13;/h6-8,11-12,15-24,26-27,31-36H,2-5,9-10H2,1H3,(H,37,38);/q;+1/p-1/t12-,15+,16+,17-,18+,19+,20-,21+,22-,23+,24-,26-,27+;/m0./s1. The molecule has 6 N–H and O–H groups in total. The summed E-state index contributed by atoms with van der Waals surface area (Å²) >= 11 is 1.46. The average Bonchev–Trinajstić information content (AvgIpc) is 3.71. The largest absolute Gasteiger partial charge is 1.00 e. The van der Waals surface area contributed by atoms with Crippen LogP contribution in [0.15, 0.2) is 23.0 Å². The smallest absolute Gasteiger partial charge is 0.547 e. The van der Waals surface area contributed by atoms with Crippen LogP contribution in [0.5, 0.6) is 0 Å². The molecular weight excluding hydrogens is 629 g/mol. The summed E-state index contributed by atoms with van der Waals surface area (Å²) in [7, 11) is 0. The van der Waals surface area contributed by atoms with E-state index in [0.717, 1.165) is 18.4 Å². The van der Waals surface area contributed by atoms with Gasteiger partial charge in [-0.05, 0) is 31.2 Å². The summed E-state index contributed by atoms with van der Waals surface area (Å²) in [6.45, 7) is 0.484. The molecule has 0 amide bonds. The SMILES string of the molecule is C[C@@H]1O[C@@H](O[C@@H]2CCCC[C@H]2O[C@@H]2O[C@H](CO)[C@H](O)[C@H](O[C@@H](Cn3cc(-c4ccsc4)nn3)C(=O)[O-])[C@H]2O)[C@@H](O)[C@H](O)[C@@H]1O.[Na+]. The van der Waals surface area contributed by atoms with Gasteiger partial charge in [-0.3, -0.25) is 0 Å². The molecule has 0 radical (unpaired) electrons. The van der Waals surface area contributed by atoms with Gasteiger partial charge in [-0.1, -0.05) is 18.1 Å². The predicted octanol–water partition coefficient (Wildman–Crippen LogP) is -5.87. The van der Waals surface area contributed by atoms with Gasteiger partial charge in [0.2, 0.25) is 0 Å². The molecule has 1 saturated carbocycles. The molecule has 0 unspecified atom stereocenters. The van der Waals surface area contributed by atoms with Crippen molar-refractivity contribution < 1.29 is 93.8 Å². The van der Waals surface area contributed by atoms with Crippen molar-refractivity contribution in [2.45, 2.75) is 119 Å². The topological polar surface area (TPSA) is 238 Å². The number of carboxylic acids is 1. The third-order valence-corrected chi connectivity index (χ3v) is 8.87. The summed E-state index contributed by atoms with van der Waals surface area (Å²) in [5.41, 5.74) is 1.31. The summed E-state index contributed by atoms with van der Waals surface area (Å²) < 4.78 is 30.2. The Morgan fingerprint density at radius 1 is 1.04 bits per heavy atom. The number of carboxylic acid groups (broad SMARTS) is 1. The van der Waals surface area contributed by atoms with E-state index in [2.05, 4.69) is 10.3 Å². The third-order valence-electron chi connectivity index (χ3n) is 8.18. The van der Waals surface area contributed by atoms with Crippen LogP contribution in [0.2, 0.25) is 0 Å². The van der Waals surface area contributed by atoms with Gasteiger partial charge >= 0.3 is 29.6 Å². The second kappa shape index (κ2) is 16.3. The van der Waals surface area contributed by atoms with E-state index < -0.39 is 92.3 Å². The molecule has 16 nitrogen and oxygen atoms in total. The van der Waals surface area contributed by atoms with E-state index in [-0.39, 0.29) is 36.1 Å². The molecule has 0 spiro atoms. The van der Waals surface area contributed by atoms with Crippen LogP contribution >= 0.6 is 11.3 Å². The van der Waals surface area contributed by atoms with Gasteiger partial charge in [0.15, 0.2) is 12.6 Å². The van der Waals surface area contributed by atoms with Gasteiger partial charge in [-0.2, -0.15) is 11.3 Å². The van der Waals surface area contributed by atoms with Crippen LogP contribution in [0.1, 0.15) is 32.6 Å². The van der Waals surface area contributed by atoms with Gasteiger partial charge in [0.25, 0.3) is 0 Å². The first-order chi connectivity index (χ1) is 21.1. The maximum Gasteiger partial charge on any atom is 1.00 e. The van der Waals surface area contributed by atoms with Crippen molar-refractivity contribution in [3.63, 3.8) is 0 Å². The van der Waals surface area contributed by atoms with Gasteiger partial charge < -0.3 is 64.2 Å². The molecule has 0 aromatic carbocycles. The van der Waals surface area contributed by atoms with Crippen LogP contribution in [0, 0.1) is 0 Å². The van der Waals surface area contributed by atoms with E-state index in [9.17, 15) is 40.5 Å². The maximum absolute atomic E-state index is 12.0. The fourth-order valence-corrected chi connectivity index (χ4v) is 6.28. The number of carbonyl (C=O) groups excluding carboxylic acids is 1. The minimum Gasteiger partial charge on any atom is -0.547 e. The molecule has 2 aliphatic heterocycles. The Morgan fingerprint density at radius 3 is 2.31 bits per heavy atom. The number of carbonyl (C=O) groups is 1. The molecule has 45 heavy (non-hydrogen) atoms. The number of hydrogen-bond acceptors (Lipinski definition) is 16. The van der Waals surface area contributed by atoms with E-state index in [0.29, 0.717) is 18.5 Å². The Morgan fingerprint density at radius 2 is 1.71 bits per heavy atom. The van der Waals surface area contributed by atoms with E-state index in [1.165, 1.54) is 29.1 Å². The molecule has 2 aromatic heterocycles. The van der Waals surface area contributed by atoms with Crippen LogP contribution in [-0.4, -0.2) is 138 Å². The molecule has 1 aliphatic carbocycles. The first kappa shape index (κ1) is 36.7. The summed E-state index contributed by atoms with van der Waals surface area (Å²) in [4.78, 5) is 12.0. The van der Waals surface area contributed by atoms with Crippen LogP contribution in [0.25, 0.3) is 11.3 Å². The summed E-state index contributed by atoms with van der Waals surface area (Å²) in [6.07, 6.45) is -13.3. The number of aliphatic carboxylic acids is 1. The van der Waals surface area contributed by atoms with Crippen molar-refractivity contribution in [1.82, 2.24) is 15.0 Å². The Kier molecular flexibility index (Phi) is 13.3. The van der Waals surface area contributed by atoms with Crippen LogP contribution in [-0.2, 0) is 35.0 Å². The molecule has 2 aromatic rings. The number of aliphatic hydroxyl groups is 6. The Hall–Kier alpha value is -1.13. The van der Waals surface area contributed by atoms with Gasteiger partial charge in [0.05, 0.1) is 43.6 Å². The zero-order valence-electron chi connectivity index (χ0n) is 24.8. The molecular formula is C27H38N3NaO13S. The quantitative estimate of drug-likeness (QED) is 0.122. The predicted molar refractivity (Wildman–Crippen MR) is 145 cm³/mol. The monoisotopic (exact) mass is 667 g/mol. The first-order valence-corrected chi connectivity index (χ1v) is 15.4. The third kappa shape index (κ3) is 8.48. The fourth-order valence-electron chi connectivity index (χ4n) is 5.63. The van der Waals surface area contributed by atoms with Crippen molar-refractivity contribution in [2.75, 3.05) is 6.61 Å². The summed E-state index contributed by atoms with van der Waals surface area (Å²) in [5, 5.41) is 86.2. The number of ether oxygens (including phenoxy) is 5. The molecule has 0 bridgehead atoms. The number of rotatable bonds is 11. The number of aromatic nitrogens is 3. The second-order valence-corrected chi connectivity index (χ2v) is 12.0. The van der Waals surface area contributed by atoms with E-state index in [1.54, 1.807) is 0 Å². The molecule has 4 heterocycles. The van der Waals surface area contributed by atoms with Gasteiger partial charge in [-0.15, -0.1) is 5.10 Å². The van der Waals surface area contributed by atoms with Gasteiger partial charge in [0, 0.05) is 10.9 Å². The number of thiophene rings is 1. The molecule has 246 valence electrons. The minimum atomic E-state index is -1.71. The minimum absolute atomic E-state index is 0. The molecule has 5 rings (SSSR count). The molecule has 18 heteroatoms. The first-order valence-electron chi connectivity index (χ1n) is 14.5. The van der Waals surface area contributed by atoms with Crippen LogP contribution in [0.3, 0.4) is 0 Å². The zero-order chi connectivity index (χ0) is 31.5. The number of hydrogen-bond donors (Lipinski definition) is 6. The molecule has 3 fully saturated rings. The number of aliphatic hydroxyl groups excluding tert-OH is 6. The van der Waals surface area contributed by atoms with Crippen LogP contribution < -0.4 is 34.7 Å². The fraction of sp³-hybridized carbons (Fsp3) is 0.741. The van der Waals surface area contributed by atoms with Gasteiger partial charge in [-0.25, -0.2) is 4.68 Å². The summed E-state index contributed by atoms with van der Waals surface area (Å²) in [5.74, 6) is -1.63. The normalized spacial score (nSPS) is 37.9. The van der Waals surface area contributed by atoms with Crippen molar-refractivity contribution in [3.8, 4) is 11.3 Å².